The number of hydrogen-bond acceptors (Lipinski definition) is 3. The molecule has 4 heteroatoms. The van der Waals surface area contributed by atoms with Gasteiger partial charge in [0.05, 0.1) is 0 Å². The number of furan rings is 1. The Bertz CT molecular complexity index is 748. The van der Waals surface area contributed by atoms with Gasteiger partial charge in [0.2, 0.25) is 0 Å². The maximum atomic E-state index is 12.2. The third-order valence-electron chi connectivity index (χ3n) is 3.05. The van der Waals surface area contributed by atoms with Gasteiger partial charge < -0.3 is 9.73 Å². The standard InChI is InChI=1S/C17H16N2O2/c1-11-4-5-12(2)16(8-11)19-17(20)14(10-18)9-15-7-6-13(3)21-15/h4-9H,1-3H3,(H,19,20). The molecule has 1 heterocycles. The van der Waals surface area contributed by atoms with Crippen LogP contribution in [-0.4, -0.2) is 5.91 Å². The molecule has 2 aromatic rings. The second-order valence-electron chi connectivity index (χ2n) is 4.89. The third kappa shape index (κ3) is 3.61. The van der Waals surface area contributed by atoms with Crippen molar-refractivity contribution in [1.82, 2.24) is 0 Å². The Morgan fingerprint density at radius 1 is 1.24 bits per heavy atom. The van der Waals surface area contributed by atoms with Gasteiger partial charge in [-0.15, -0.1) is 0 Å². The summed E-state index contributed by atoms with van der Waals surface area (Å²) in [5, 5.41) is 11.9. The van der Waals surface area contributed by atoms with Crippen molar-refractivity contribution in [2.24, 2.45) is 0 Å². The van der Waals surface area contributed by atoms with E-state index in [4.69, 9.17) is 9.68 Å². The highest BCUT2D eigenvalue weighted by Crippen LogP contribution is 2.18. The van der Waals surface area contributed by atoms with Crippen LogP contribution in [0.2, 0.25) is 0 Å². The van der Waals surface area contributed by atoms with Crippen molar-refractivity contribution in [2.45, 2.75) is 20.8 Å². The molecular weight excluding hydrogens is 264 g/mol. The molecule has 106 valence electrons. The molecule has 0 bridgehead atoms. The fraction of sp³-hybridized carbons (Fsp3) is 0.176. The first kappa shape index (κ1) is 14.6. The molecule has 1 aromatic heterocycles. The lowest BCUT2D eigenvalue weighted by molar-refractivity contribution is -0.112. The van der Waals surface area contributed by atoms with Gasteiger partial charge in [0.25, 0.3) is 5.91 Å². The molecule has 21 heavy (non-hydrogen) atoms. The van der Waals surface area contributed by atoms with Crippen LogP contribution in [0.15, 0.2) is 40.3 Å². The lowest BCUT2D eigenvalue weighted by atomic mass is 10.1. The lowest BCUT2D eigenvalue weighted by Crippen LogP contribution is -2.14. The number of carbonyl (C=O) groups is 1. The number of benzene rings is 1. The van der Waals surface area contributed by atoms with Crippen LogP contribution in [0.25, 0.3) is 6.08 Å². The largest absolute Gasteiger partial charge is 0.462 e. The van der Waals surface area contributed by atoms with Gasteiger partial charge in [-0.1, -0.05) is 12.1 Å². The first-order valence-corrected chi connectivity index (χ1v) is 6.56. The summed E-state index contributed by atoms with van der Waals surface area (Å²) in [4.78, 5) is 12.2. The number of nitrogens with zero attached hydrogens (tertiary/aromatic N) is 1. The SMILES string of the molecule is Cc1ccc(C)c(NC(=O)C(C#N)=Cc2ccc(C)o2)c1. The molecule has 0 spiro atoms. The van der Waals surface area contributed by atoms with Crippen molar-refractivity contribution in [2.75, 3.05) is 5.32 Å². The summed E-state index contributed by atoms with van der Waals surface area (Å²) in [6.07, 6.45) is 1.44. The van der Waals surface area contributed by atoms with Gasteiger partial charge >= 0.3 is 0 Å². The molecule has 0 aliphatic carbocycles. The Kier molecular flexibility index (Phi) is 4.24. The zero-order valence-electron chi connectivity index (χ0n) is 12.2. The van der Waals surface area contributed by atoms with Gasteiger partial charge in [-0.05, 0) is 50.1 Å². The van der Waals surface area contributed by atoms with Crippen LogP contribution < -0.4 is 5.32 Å². The molecule has 0 unspecified atom stereocenters. The topological polar surface area (TPSA) is 66.0 Å². The van der Waals surface area contributed by atoms with Crippen molar-refractivity contribution in [1.29, 1.82) is 5.26 Å². The Morgan fingerprint density at radius 3 is 2.62 bits per heavy atom. The Balaban J connectivity index is 2.23. The van der Waals surface area contributed by atoms with Crippen LogP contribution in [0.5, 0.6) is 0 Å². The average molecular weight is 280 g/mol. The summed E-state index contributed by atoms with van der Waals surface area (Å²) in [5.41, 5.74) is 2.70. The van der Waals surface area contributed by atoms with E-state index in [-0.39, 0.29) is 5.57 Å². The van der Waals surface area contributed by atoms with E-state index in [1.54, 1.807) is 19.1 Å². The number of rotatable bonds is 3. The van der Waals surface area contributed by atoms with Crippen LogP contribution in [0.4, 0.5) is 5.69 Å². The fourth-order valence-corrected chi connectivity index (χ4v) is 1.88. The molecule has 1 aromatic carbocycles. The molecule has 4 nitrogen and oxygen atoms in total. The molecule has 0 saturated carbocycles. The minimum absolute atomic E-state index is 0.00487. The number of nitrogens with one attached hydrogen (secondary N) is 1. The lowest BCUT2D eigenvalue weighted by Gasteiger charge is -2.08. The molecule has 0 fully saturated rings. The van der Waals surface area contributed by atoms with Gasteiger partial charge in [-0.25, -0.2) is 0 Å². The molecule has 0 saturated heterocycles. The number of nitriles is 1. The molecule has 2 rings (SSSR count). The zero-order chi connectivity index (χ0) is 15.4. The van der Waals surface area contributed by atoms with Gasteiger partial charge in [-0.2, -0.15) is 5.26 Å². The van der Waals surface area contributed by atoms with Crippen LogP contribution in [0.1, 0.15) is 22.6 Å². The van der Waals surface area contributed by atoms with Crippen LogP contribution in [0, 0.1) is 32.1 Å². The highest BCUT2D eigenvalue weighted by molar-refractivity contribution is 6.09. The number of carbonyl (C=O) groups excluding carboxylic acids is 1. The molecule has 0 atom stereocenters. The normalized spacial score (nSPS) is 11.0. The number of aryl methyl sites for hydroxylation is 3. The predicted octanol–water partition coefficient (Wildman–Crippen LogP) is 3.75. The molecule has 0 aliphatic heterocycles. The fourth-order valence-electron chi connectivity index (χ4n) is 1.88. The third-order valence-corrected chi connectivity index (χ3v) is 3.05. The van der Waals surface area contributed by atoms with Crippen molar-refractivity contribution < 1.29 is 9.21 Å². The van der Waals surface area contributed by atoms with E-state index in [0.717, 1.165) is 16.9 Å². The van der Waals surface area contributed by atoms with Crippen molar-refractivity contribution in [3.8, 4) is 6.07 Å². The monoisotopic (exact) mass is 280 g/mol. The van der Waals surface area contributed by atoms with Gasteiger partial charge in [-0.3, -0.25) is 4.79 Å². The summed E-state index contributed by atoms with van der Waals surface area (Å²) in [6, 6.07) is 11.2. The molecular formula is C17H16N2O2. The number of anilines is 1. The summed E-state index contributed by atoms with van der Waals surface area (Å²) >= 11 is 0. The molecule has 1 amide bonds. The van der Waals surface area contributed by atoms with Crippen molar-refractivity contribution in [3.05, 3.63) is 58.6 Å². The smallest absolute Gasteiger partial charge is 0.266 e. The average Bonchev–Trinajstić information content (AvgIpc) is 2.85. The molecule has 0 aliphatic rings. The van der Waals surface area contributed by atoms with Crippen LogP contribution >= 0.6 is 0 Å². The van der Waals surface area contributed by atoms with E-state index in [0.29, 0.717) is 11.4 Å². The first-order chi connectivity index (χ1) is 9.99. The Hall–Kier alpha value is -2.80. The zero-order valence-corrected chi connectivity index (χ0v) is 12.2. The van der Waals surface area contributed by atoms with E-state index in [1.165, 1.54) is 6.08 Å². The Morgan fingerprint density at radius 2 is 2.00 bits per heavy atom. The second-order valence-corrected chi connectivity index (χ2v) is 4.89. The molecule has 0 radical (unpaired) electrons. The highest BCUT2D eigenvalue weighted by Gasteiger charge is 2.12. The van der Waals surface area contributed by atoms with Gasteiger partial charge in [0.1, 0.15) is 23.2 Å². The van der Waals surface area contributed by atoms with E-state index >= 15 is 0 Å². The van der Waals surface area contributed by atoms with E-state index in [9.17, 15) is 4.79 Å². The minimum Gasteiger partial charge on any atom is -0.462 e. The number of amides is 1. The van der Waals surface area contributed by atoms with E-state index < -0.39 is 5.91 Å². The summed E-state index contributed by atoms with van der Waals surface area (Å²) in [5.74, 6) is 0.772. The minimum atomic E-state index is -0.444. The van der Waals surface area contributed by atoms with E-state index in [2.05, 4.69) is 5.32 Å². The van der Waals surface area contributed by atoms with E-state index in [1.807, 2.05) is 38.1 Å². The maximum absolute atomic E-state index is 12.2. The summed E-state index contributed by atoms with van der Waals surface area (Å²) in [6.45, 7) is 5.65. The van der Waals surface area contributed by atoms with Crippen molar-refractivity contribution >= 4 is 17.7 Å². The number of hydrogen-bond donors (Lipinski definition) is 1. The summed E-state index contributed by atoms with van der Waals surface area (Å²) < 4.78 is 5.35. The highest BCUT2D eigenvalue weighted by atomic mass is 16.3. The predicted molar refractivity (Wildman–Crippen MR) is 81.6 cm³/mol. The maximum Gasteiger partial charge on any atom is 0.266 e. The summed E-state index contributed by atoms with van der Waals surface area (Å²) in [7, 11) is 0. The van der Waals surface area contributed by atoms with Crippen LogP contribution in [0.3, 0.4) is 0 Å². The quantitative estimate of drug-likeness (QED) is 0.687. The van der Waals surface area contributed by atoms with Gasteiger partial charge in [0.15, 0.2) is 0 Å². The van der Waals surface area contributed by atoms with Gasteiger partial charge in [0, 0.05) is 11.8 Å². The van der Waals surface area contributed by atoms with Crippen molar-refractivity contribution in [3.63, 3.8) is 0 Å². The van der Waals surface area contributed by atoms with Crippen LogP contribution in [-0.2, 0) is 4.79 Å². The first-order valence-electron chi connectivity index (χ1n) is 6.56. The Labute approximate surface area is 123 Å². The molecule has 1 N–H and O–H groups in total. The second kappa shape index (κ2) is 6.10.